The van der Waals surface area contributed by atoms with Gasteiger partial charge in [0, 0.05) is 12.8 Å². The molecule has 3 heteroatoms. The quantitative estimate of drug-likeness (QED) is 0.797. The third kappa shape index (κ3) is 2.98. The van der Waals surface area contributed by atoms with Crippen LogP contribution in [0.3, 0.4) is 0 Å². The number of rotatable bonds is 4. The minimum atomic E-state index is -2.40. The lowest BCUT2D eigenvalue weighted by Crippen LogP contribution is -2.30. The Bertz CT molecular complexity index is 267. The Balaban J connectivity index is 1.92. The molecule has 3 atom stereocenters. The van der Waals surface area contributed by atoms with Gasteiger partial charge in [-0.2, -0.15) is 0 Å². The van der Waals surface area contributed by atoms with Gasteiger partial charge in [0.15, 0.2) is 0 Å². The van der Waals surface area contributed by atoms with Crippen LogP contribution >= 0.6 is 0 Å². The Morgan fingerprint density at radius 1 is 1.12 bits per heavy atom. The Morgan fingerprint density at radius 3 is 2.29 bits per heavy atom. The first-order valence-electron chi connectivity index (χ1n) is 7.06. The van der Waals surface area contributed by atoms with Gasteiger partial charge in [-0.3, -0.25) is 0 Å². The van der Waals surface area contributed by atoms with E-state index < -0.39 is 5.92 Å². The molecule has 0 aromatic heterocycles. The van der Waals surface area contributed by atoms with E-state index in [2.05, 4.69) is 6.92 Å². The molecule has 2 rings (SSSR count). The summed E-state index contributed by atoms with van der Waals surface area (Å²) in [5.74, 6) is -1.41. The molecule has 0 spiro atoms. The summed E-state index contributed by atoms with van der Waals surface area (Å²) in [6, 6.07) is 0. The first kappa shape index (κ1) is 13.3. The lowest BCUT2D eigenvalue weighted by molar-refractivity contribution is 0.00274. The first-order valence-corrected chi connectivity index (χ1v) is 7.06. The van der Waals surface area contributed by atoms with Gasteiger partial charge in [-0.15, -0.1) is 0 Å². The molecule has 0 amide bonds. The molecule has 0 radical (unpaired) electrons. The van der Waals surface area contributed by atoms with Crippen molar-refractivity contribution in [3.05, 3.63) is 0 Å². The SMILES string of the molecule is CCC1CCC(CN)(CC2CCC(F)(F)C2)C1. The van der Waals surface area contributed by atoms with Crippen molar-refractivity contribution >= 4 is 0 Å². The van der Waals surface area contributed by atoms with E-state index in [4.69, 9.17) is 5.73 Å². The monoisotopic (exact) mass is 245 g/mol. The molecule has 0 bridgehead atoms. The number of halogens is 2. The molecule has 0 aliphatic heterocycles. The summed E-state index contributed by atoms with van der Waals surface area (Å²) in [6.45, 7) is 2.91. The van der Waals surface area contributed by atoms with E-state index in [0.29, 0.717) is 13.0 Å². The van der Waals surface area contributed by atoms with Crippen molar-refractivity contribution in [2.75, 3.05) is 6.54 Å². The van der Waals surface area contributed by atoms with E-state index >= 15 is 0 Å². The van der Waals surface area contributed by atoms with E-state index in [9.17, 15) is 8.78 Å². The summed E-state index contributed by atoms with van der Waals surface area (Å²) in [4.78, 5) is 0. The zero-order valence-electron chi connectivity index (χ0n) is 10.9. The zero-order chi connectivity index (χ0) is 12.5. The molecule has 0 saturated heterocycles. The van der Waals surface area contributed by atoms with E-state index in [1.807, 2.05) is 0 Å². The van der Waals surface area contributed by atoms with E-state index in [-0.39, 0.29) is 24.2 Å². The van der Waals surface area contributed by atoms with Crippen molar-refractivity contribution in [3.63, 3.8) is 0 Å². The van der Waals surface area contributed by atoms with Crippen molar-refractivity contribution in [2.45, 2.75) is 64.2 Å². The van der Waals surface area contributed by atoms with Gasteiger partial charge in [0.05, 0.1) is 0 Å². The summed E-state index contributed by atoms with van der Waals surface area (Å²) in [5, 5.41) is 0. The Hall–Kier alpha value is -0.180. The predicted octanol–water partition coefficient (Wildman–Crippen LogP) is 3.97. The predicted molar refractivity (Wildman–Crippen MR) is 66.0 cm³/mol. The van der Waals surface area contributed by atoms with Crippen LogP contribution in [0.25, 0.3) is 0 Å². The van der Waals surface area contributed by atoms with Gasteiger partial charge >= 0.3 is 0 Å². The molecule has 2 fully saturated rings. The molecule has 100 valence electrons. The second kappa shape index (κ2) is 4.83. The van der Waals surface area contributed by atoms with Crippen LogP contribution in [0.1, 0.15) is 58.3 Å². The maximum atomic E-state index is 13.2. The fraction of sp³-hybridized carbons (Fsp3) is 1.00. The maximum absolute atomic E-state index is 13.2. The van der Waals surface area contributed by atoms with Crippen molar-refractivity contribution in [2.24, 2.45) is 23.0 Å². The van der Waals surface area contributed by atoms with Crippen molar-refractivity contribution < 1.29 is 8.78 Å². The number of hydrogen-bond acceptors (Lipinski definition) is 1. The van der Waals surface area contributed by atoms with Crippen molar-refractivity contribution in [1.82, 2.24) is 0 Å². The molecule has 2 aliphatic carbocycles. The number of nitrogens with two attached hydrogens (primary N) is 1. The molecule has 0 aromatic carbocycles. The minimum Gasteiger partial charge on any atom is -0.330 e. The summed E-state index contributed by atoms with van der Waals surface area (Å²) in [7, 11) is 0. The van der Waals surface area contributed by atoms with Gasteiger partial charge in [-0.05, 0) is 55.9 Å². The highest BCUT2D eigenvalue weighted by atomic mass is 19.3. The summed E-state index contributed by atoms with van der Waals surface area (Å²) in [6.07, 6.45) is 6.62. The van der Waals surface area contributed by atoms with Crippen LogP contribution in [0.4, 0.5) is 8.78 Å². The average Bonchev–Trinajstić information content (AvgIpc) is 2.84. The standard InChI is InChI=1S/C14H25F2N/c1-2-11-3-5-13(7-11,10-17)8-12-4-6-14(15,16)9-12/h11-12H,2-10,17H2,1H3. The molecule has 3 unspecified atom stereocenters. The zero-order valence-corrected chi connectivity index (χ0v) is 10.9. The second-order valence-corrected chi connectivity index (χ2v) is 6.39. The largest absolute Gasteiger partial charge is 0.330 e. The van der Waals surface area contributed by atoms with Gasteiger partial charge in [0.25, 0.3) is 0 Å². The van der Waals surface area contributed by atoms with Crippen LogP contribution in [0.5, 0.6) is 0 Å². The lowest BCUT2D eigenvalue weighted by Gasteiger charge is -2.31. The van der Waals surface area contributed by atoms with Crippen molar-refractivity contribution in [1.29, 1.82) is 0 Å². The minimum absolute atomic E-state index is 0.0928. The first-order chi connectivity index (χ1) is 7.99. The molecule has 1 nitrogen and oxygen atoms in total. The Morgan fingerprint density at radius 2 is 1.82 bits per heavy atom. The summed E-state index contributed by atoms with van der Waals surface area (Å²) >= 11 is 0. The summed E-state index contributed by atoms with van der Waals surface area (Å²) in [5.41, 5.74) is 6.13. The molecule has 17 heavy (non-hydrogen) atoms. The van der Waals surface area contributed by atoms with Crippen LogP contribution in [0, 0.1) is 17.3 Å². The van der Waals surface area contributed by atoms with Crippen LogP contribution in [0.15, 0.2) is 0 Å². The Kier molecular flexibility index (Phi) is 3.77. The highest BCUT2D eigenvalue weighted by Crippen LogP contribution is 2.51. The highest BCUT2D eigenvalue weighted by Gasteiger charge is 2.45. The molecule has 2 saturated carbocycles. The number of hydrogen-bond donors (Lipinski definition) is 1. The van der Waals surface area contributed by atoms with Gasteiger partial charge in [-0.25, -0.2) is 8.78 Å². The highest BCUT2D eigenvalue weighted by molar-refractivity contribution is 4.93. The molecule has 2 aliphatic rings. The third-order valence-electron chi connectivity index (χ3n) is 5.04. The summed E-state index contributed by atoms with van der Waals surface area (Å²) < 4.78 is 26.4. The van der Waals surface area contributed by atoms with Crippen LogP contribution in [-0.4, -0.2) is 12.5 Å². The molecule has 0 heterocycles. The third-order valence-corrected chi connectivity index (χ3v) is 5.04. The normalized spacial score (nSPS) is 40.9. The van der Waals surface area contributed by atoms with Gasteiger partial charge in [0.1, 0.15) is 0 Å². The molecule has 0 aromatic rings. The topological polar surface area (TPSA) is 26.0 Å². The van der Waals surface area contributed by atoms with E-state index in [0.717, 1.165) is 18.8 Å². The van der Waals surface area contributed by atoms with Crippen LogP contribution < -0.4 is 5.73 Å². The van der Waals surface area contributed by atoms with Crippen molar-refractivity contribution in [3.8, 4) is 0 Å². The molecule has 2 N–H and O–H groups in total. The van der Waals surface area contributed by atoms with Gasteiger partial charge in [-0.1, -0.05) is 13.3 Å². The maximum Gasteiger partial charge on any atom is 0.248 e. The van der Waals surface area contributed by atoms with Gasteiger partial charge in [0.2, 0.25) is 5.92 Å². The van der Waals surface area contributed by atoms with E-state index in [1.54, 1.807) is 0 Å². The smallest absolute Gasteiger partial charge is 0.248 e. The number of alkyl halides is 2. The fourth-order valence-corrected chi connectivity index (χ4v) is 3.96. The average molecular weight is 245 g/mol. The Labute approximate surface area is 103 Å². The lowest BCUT2D eigenvalue weighted by atomic mass is 9.76. The molecular weight excluding hydrogens is 220 g/mol. The second-order valence-electron chi connectivity index (χ2n) is 6.39. The fourth-order valence-electron chi connectivity index (χ4n) is 3.96. The molecular formula is C14H25F2N. The van der Waals surface area contributed by atoms with Gasteiger partial charge < -0.3 is 5.73 Å². The van der Waals surface area contributed by atoms with E-state index in [1.165, 1.54) is 19.3 Å². The van der Waals surface area contributed by atoms with Crippen LogP contribution in [0.2, 0.25) is 0 Å². The van der Waals surface area contributed by atoms with Crippen LogP contribution in [-0.2, 0) is 0 Å².